The minimum atomic E-state index is -0.415. The van der Waals surface area contributed by atoms with Gasteiger partial charge in [0.05, 0.1) is 23.9 Å². The zero-order valence-electron chi connectivity index (χ0n) is 10.1. The Bertz CT molecular complexity index is 333. The van der Waals surface area contributed by atoms with Crippen LogP contribution in [0.1, 0.15) is 19.8 Å². The first-order valence-corrected chi connectivity index (χ1v) is 6.08. The fourth-order valence-corrected chi connectivity index (χ4v) is 2.30. The van der Waals surface area contributed by atoms with Gasteiger partial charge in [0.25, 0.3) is 0 Å². The molecule has 0 saturated carbocycles. The van der Waals surface area contributed by atoms with Gasteiger partial charge >= 0.3 is 5.97 Å². The van der Waals surface area contributed by atoms with Crippen molar-refractivity contribution >= 4 is 29.1 Å². The van der Waals surface area contributed by atoms with E-state index in [0.717, 1.165) is 0 Å². The number of likely N-dealkylation sites (tertiary alicyclic amines) is 1. The van der Waals surface area contributed by atoms with Gasteiger partial charge in [0, 0.05) is 13.1 Å². The summed E-state index contributed by atoms with van der Waals surface area (Å²) in [6.07, 6.45) is 1.24. The van der Waals surface area contributed by atoms with E-state index >= 15 is 0 Å². The first kappa shape index (κ1) is 13.9. The highest BCUT2D eigenvalue weighted by Gasteiger charge is 2.34. The summed E-state index contributed by atoms with van der Waals surface area (Å²) in [4.78, 5) is 25.3. The second-order valence-electron chi connectivity index (χ2n) is 4.16. The van der Waals surface area contributed by atoms with Crippen molar-refractivity contribution in [2.75, 3.05) is 20.2 Å². The van der Waals surface area contributed by atoms with E-state index in [4.69, 9.17) is 18.0 Å². The van der Waals surface area contributed by atoms with E-state index in [9.17, 15) is 9.59 Å². The molecule has 0 aromatic carbocycles. The van der Waals surface area contributed by atoms with Gasteiger partial charge in [0.1, 0.15) is 0 Å². The number of esters is 1. The number of hydrogen-bond donors (Lipinski definition) is 1. The lowest BCUT2D eigenvalue weighted by Gasteiger charge is -2.21. The Kier molecular flexibility index (Phi) is 4.86. The molecule has 2 N–H and O–H groups in total. The number of hydrogen-bond acceptors (Lipinski definition) is 4. The van der Waals surface area contributed by atoms with Crippen LogP contribution >= 0.6 is 12.2 Å². The van der Waals surface area contributed by atoms with Gasteiger partial charge in [-0.1, -0.05) is 19.1 Å². The van der Waals surface area contributed by atoms with Crippen molar-refractivity contribution in [3.8, 4) is 0 Å². The summed E-state index contributed by atoms with van der Waals surface area (Å²) in [5.41, 5.74) is 5.53. The number of nitrogens with two attached hydrogens (primary N) is 1. The molecule has 2 atom stereocenters. The maximum Gasteiger partial charge on any atom is 0.310 e. The summed E-state index contributed by atoms with van der Waals surface area (Å²) in [5.74, 6) is -0.968. The van der Waals surface area contributed by atoms with Crippen LogP contribution < -0.4 is 5.73 Å². The van der Waals surface area contributed by atoms with Crippen LogP contribution in [0, 0.1) is 11.8 Å². The lowest BCUT2D eigenvalue weighted by atomic mass is 10.1. The topological polar surface area (TPSA) is 72.6 Å². The third-order valence-corrected chi connectivity index (χ3v) is 3.37. The zero-order chi connectivity index (χ0) is 13.0. The van der Waals surface area contributed by atoms with Crippen LogP contribution in [0.15, 0.2) is 0 Å². The molecule has 0 spiro atoms. The van der Waals surface area contributed by atoms with Gasteiger partial charge < -0.3 is 15.4 Å². The predicted octanol–water partition coefficient (Wildman–Crippen LogP) is 0.320. The van der Waals surface area contributed by atoms with Gasteiger partial charge in [0.2, 0.25) is 5.91 Å². The largest absolute Gasteiger partial charge is 0.469 e. The molecule has 1 rings (SSSR count). The van der Waals surface area contributed by atoms with Crippen LogP contribution in [-0.4, -0.2) is 42.0 Å². The summed E-state index contributed by atoms with van der Waals surface area (Å²) >= 11 is 4.87. The quantitative estimate of drug-likeness (QED) is 0.581. The first-order valence-electron chi connectivity index (χ1n) is 5.67. The molecule has 0 aromatic rings. The van der Waals surface area contributed by atoms with E-state index in [-0.39, 0.29) is 22.8 Å². The third-order valence-electron chi connectivity index (χ3n) is 3.08. The fourth-order valence-electron chi connectivity index (χ4n) is 2.04. The number of amides is 1. The second-order valence-corrected chi connectivity index (χ2v) is 4.63. The number of nitrogens with zero attached hydrogens (tertiary/aromatic N) is 1. The van der Waals surface area contributed by atoms with Gasteiger partial charge in [-0.2, -0.15) is 0 Å². The number of methoxy groups -OCH3 is 1. The van der Waals surface area contributed by atoms with Crippen molar-refractivity contribution in [1.29, 1.82) is 0 Å². The van der Waals surface area contributed by atoms with Crippen molar-refractivity contribution < 1.29 is 14.3 Å². The molecule has 1 fully saturated rings. The minimum Gasteiger partial charge on any atom is -0.469 e. The molecule has 5 nitrogen and oxygen atoms in total. The monoisotopic (exact) mass is 258 g/mol. The van der Waals surface area contributed by atoms with Crippen LogP contribution in [0.2, 0.25) is 0 Å². The smallest absolute Gasteiger partial charge is 0.310 e. The molecule has 0 bridgehead atoms. The van der Waals surface area contributed by atoms with Crippen LogP contribution in [0.3, 0.4) is 0 Å². The molecule has 1 aliphatic heterocycles. The number of ether oxygens (including phenoxy) is 1. The molecule has 1 amide bonds. The fraction of sp³-hybridized carbons (Fsp3) is 0.727. The minimum absolute atomic E-state index is 0.0774. The molecule has 2 unspecified atom stereocenters. The molecule has 96 valence electrons. The summed E-state index contributed by atoms with van der Waals surface area (Å²) in [6, 6.07) is 0. The molecule has 1 saturated heterocycles. The molecule has 1 aliphatic rings. The Hall–Kier alpha value is -1.17. The standard InChI is InChI=1S/C11H18N2O3S/c1-3-8(9(12)17)10(14)13-5-4-7(6-13)11(15)16-2/h7-8H,3-6H2,1-2H3,(H2,12,17). The van der Waals surface area contributed by atoms with Crippen molar-refractivity contribution in [3.05, 3.63) is 0 Å². The molecule has 17 heavy (non-hydrogen) atoms. The Balaban J connectivity index is 2.61. The lowest BCUT2D eigenvalue weighted by molar-refractivity contribution is -0.145. The zero-order valence-corrected chi connectivity index (χ0v) is 11.0. The van der Waals surface area contributed by atoms with E-state index in [1.165, 1.54) is 7.11 Å². The molecule has 0 aromatic heterocycles. The van der Waals surface area contributed by atoms with E-state index in [0.29, 0.717) is 25.9 Å². The molecule has 6 heteroatoms. The Labute approximate surface area is 106 Å². The Morgan fingerprint density at radius 3 is 2.71 bits per heavy atom. The lowest BCUT2D eigenvalue weighted by Crippen LogP contribution is -2.40. The van der Waals surface area contributed by atoms with Gasteiger partial charge in [-0.15, -0.1) is 0 Å². The maximum absolute atomic E-state index is 12.1. The van der Waals surface area contributed by atoms with Crippen molar-refractivity contribution in [1.82, 2.24) is 4.90 Å². The van der Waals surface area contributed by atoms with Crippen molar-refractivity contribution in [3.63, 3.8) is 0 Å². The highest BCUT2D eigenvalue weighted by molar-refractivity contribution is 7.80. The average molecular weight is 258 g/mol. The number of rotatable bonds is 4. The van der Waals surface area contributed by atoms with E-state index < -0.39 is 5.92 Å². The molecule has 0 radical (unpaired) electrons. The number of thiocarbonyl (C=S) groups is 1. The molecular weight excluding hydrogens is 240 g/mol. The van der Waals surface area contributed by atoms with Crippen LogP contribution in [0.4, 0.5) is 0 Å². The number of carbonyl (C=O) groups is 2. The summed E-state index contributed by atoms with van der Waals surface area (Å²) in [5, 5.41) is 0. The Morgan fingerprint density at radius 2 is 2.24 bits per heavy atom. The molecule has 1 heterocycles. The maximum atomic E-state index is 12.1. The number of carbonyl (C=O) groups excluding carboxylic acids is 2. The second kappa shape index (κ2) is 5.95. The van der Waals surface area contributed by atoms with Gasteiger partial charge in [0.15, 0.2) is 0 Å². The average Bonchev–Trinajstić information content (AvgIpc) is 2.77. The highest BCUT2D eigenvalue weighted by atomic mass is 32.1. The van der Waals surface area contributed by atoms with Crippen LogP contribution in [0.25, 0.3) is 0 Å². The van der Waals surface area contributed by atoms with Crippen molar-refractivity contribution in [2.45, 2.75) is 19.8 Å². The van der Waals surface area contributed by atoms with E-state index in [2.05, 4.69) is 4.74 Å². The van der Waals surface area contributed by atoms with Crippen LogP contribution in [0.5, 0.6) is 0 Å². The van der Waals surface area contributed by atoms with Gasteiger partial charge in [-0.05, 0) is 12.8 Å². The van der Waals surface area contributed by atoms with E-state index in [1.54, 1.807) is 4.90 Å². The predicted molar refractivity (Wildman–Crippen MR) is 67.3 cm³/mol. The van der Waals surface area contributed by atoms with Gasteiger partial charge in [-0.3, -0.25) is 9.59 Å². The summed E-state index contributed by atoms with van der Waals surface area (Å²) < 4.78 is 4.67. The third kappa shape index (κ3) is 3.15. The van der Waals surface area contributed by atoms with Crippen molar-refractivity contribution in [2.24, 2.45) is 17.6 Å². The summed E-state index contributed by atoms with van der Waals surface area (Å²) in [7, 11) is 1.36. The first-order chi connectivity index (χ1) is 8.01. The highest BCUT2D eigenvalue weighted by Crippen LogP contribution is 2.20. The van der Waals surface area contributed by atoms with E-state index in [1.807, 2.05) is 6.92 Å². The van der Waals surface area contributed by atoms with Crippen LogP contribution in [-0.2, 0) is 14.3 Å². The van der Waals surface area contributed by atoms with Gasteiger partial charge in [-0.25, -0.2) is 0 Å². The Morgan fingerprint density at radius 1 is 1.59 bits per heavy atom. The SMILES string of the molecule is CCC(C(=O)N1CCC(C(=O)OC)C1)C(N)=S. The summed E-state index contributed by atoms with van der Waals surface area (Å²) in [6.45, 7) is 2.85. The molecule has 0 aliphatic carbocycles. The molecular formula is C11H18N2O3S. The normalized spacial score (nSPS) is 21.1.